The van der Waals surface area contributed by atoms with E-state index in [1.165, 1.54) is 17.3 Å². The standard InChI is InChI=1S/C24H26BrN5OS/c1-16(2)14-30-23(20-9-11-21(25)12-10-20)28-29-24(30)32-15-22(31)27-26-13-18-5-7-19(8-6-18)17(3)4/h5-13,17H,1,14-15H2,2-4H3,(H,27,31). The smallest absolute Gasteiger partial charge is 0.250 e. The molecule has 166 valence electrons. The SMILES string of the molecule is C=C(C)Cn1c(SCC(=O)NN=Cc2ccc(C(C)C)cc2)nnc1-c1ccc(Br)cc1. The molecular weight excluding hydrogens is 486 g/mol. The molecule has 1 N–H and O–H groups in total. The Morgan fingerprint density at radius 1 is 1.19 bits per heavy atom. The lowest BCUT2D eigenvalue weighted by atomic mass is 10.0. The lowest BCUT2D eigenvalue weighted by Gasteiger charge is -2.10. The fourth-order valence-electron chi connectivity index (χ4n) is 2.93. The number of allylic oxidation sites excluding steroid dienone is 1. The van der Waals surface area contributed by atoms with Gasteiger partial charge in [-0.25, -0.2) is 5.43 Å². The third-order valence-electron chi connectivity index (χ3n) is 4.59. The summed E-state index contributed by atoms with van der Waals surface area (Å²) in [6.07, 6.45) is 1.64. The van der Waals surface area contributed by atoms with Gasteiger partial charge in [-0.2, -0.15) is 5.10 Å². The molecule has 3 aromatic rings. The van der Waals surface area contributed by atoms with E-state index in [1.807, 2.05) is 47.9 Å². The molecule has 1 heterocycles. The first-order valence-electron chi connectivity index (χ1n) is 10.2. The van der Waals surface area contributed by atoms with Crippen molar-refractivity contribution in [3.05, 3.63) is 76.3 Å². The monoisotopic (exact) mass is 511 g/mol. The molecule has 32 heavy (non-hydrogen) atoms. The lowest BCUT2D eigenvalue weighted by Crippen LogP contribution is -2.20. The summed E-state index contributed by atoms with van der Waals surface area (Å²) >= 11 is 4.77. The van der Waals surface area contributed by atoms with E-state index in [-0.39, 0.29) is 11.7 Å². The first-order valence-corrected chi connectivity index (χ1v) is 12.0. The van der Waals surface area contributed by atoms with Crippen molar-refractivity contribution in [2.45, 2.75) is 38.4 Å². The number of benzene rings is 2. The van der Waals surface area contributed by atoms with Crippen LogP contribution in [-0.4, -0.2) is 32.6 Å². The Labute approximate surface area is 201 Å². The minimum Gasteiger partial charge on any atom is -0.298 e. The van der Waals surface area contributed by atoms with Crippen LogP contribution in [0.25, 0.3) is 11.4 Å². The van der Waals surface area contributed by atoms with Crippen LogP contribution in [-0.2, 0) is 11.3 Å². The molecule has 0 saturated carbocycles. The topological polar surface area (TPSA) is 72.2 Å². The largest absolute Gasteiger partial charge is 0.298 e. The number of thioether (sulfide) groups is 1. The third-order valence-corrected chi connectivity index (χ3v) is 6.08. The fourth-order valence-corrected chi connectivity index (χ4v) is 3.92. The van der Waals surface area contributed by atoms with E-state index >= 15 is 0 Å². The normalized spacial score (nSPS) is 11.3. The number of carbonyl (C=O) groups is 1. The zero-order chi connectivity index (χ0) is 23.1. The van der Waals surface area contributed by atoms with Crippen molar-refractivity contribution in [3.63, 3.8) is 0 Å². The highest BCUT2D eigenvalue weighted by Gasteiger charge is 2.15. The van der Waals surface area contributed by atoms with Crippen molar-refractivity contribution in [1.29, 1.82) is 0 Å². The minimum atomic E-state index is -0.208. The maximum absolute atomic E-state index is 12.3. The van der Waals surface area contributed by atoms with Crippen LogP contribution in [0.15, 0.2) is 75.4 Å². The summed E-state index contributed by atoms with van der Waals surface area (Å²) in [5.41, 5.74) is 6.70. The van der Waals surface area contributed by atoms with Gasteiger partial charge in [-0.05, 0) is 36.1 Å². The molecule has 0 fully saturated rings. The Balaban J connectivity index is 1.62. The third kappa shape index (κ3) is 6.64. The molecule has 6 nitrogen and oxygen atoms in total. The van der Waals surface area contributed by atoms with Crippen LogP contribution >= 0.6 is 27.7 Å². The number of nitrogens with zero attached hydrogens (tertiary/aromatic N) is 4. The van der Waals surface area contributed by atoms with E-state index in [1.54, 1.807) is 6.21 Å². The predicted molar refractivity (Wildman–Crippen MR) is 135 cm³/mol. The van der Waals surface area contributed by atoms with Crippen LogP contribution in [0.5, 0.6) is 0 Å². The van der Waals surface area contributed by atoms with Gasteiger partial charge in [0.1, 0.15) is 0 Å². The van der Waals surface area contributed by atoms with Crippen LogP contribution in [0.2, 0.25) is 0 Å². The molecule has 0 radical (unpaired) electrons. The number of amides is 1. The Morgan fingerprint density at radius 2 is 1.88 bits per heavy atom. The number of nitrogens with one attached hydrogen (secondary N) is 1. The quantitative estimate of drug-likeness (QED) is 0.174. The number of hydrogen-bond donors (Lipinski definition) is 1. The summed E-state index contributed by atoms with van der Waals surface area (Å²) in [7, 11) is 0. The summed E-state index contributed by atoms with van der Waals surface area (Å²) in [4.78, 5) is 12.3. The van der Waals surface area contributed by atoms with Crippen molar-refractivity contribution < 1.29 is 4.79 Å². The van der Waals surface area contributed by atoms with Gasteiger partial charge in [0, 0.05) is 16.6 Å². The molecule has 1 aromatic heterocycles. The molecule has 0 aliphatic rings. The van der Waals surface area contributed by atoms with E-state index in [2.05, 4.69) is 69.2 Å². The van der Waals surface area contributed by atoms with Crippen LogP contribution in [0.3, 0.4) is 0 Å². The Morgan fingerprint density at radius 3 is 2.50 bits per heavy atom. The highest BCUT2D eigenvalue weighted by atomic mass is 79.9. The Kier molecular flexibility index (Phi) is 8.41. The summed E-state index contributed by atoms with van der Waals surface area (Å²) in [6.45, 7) is 10.8. The van der Waals surface area contributed by atoms with E-state index in [9.17, 15) is 4.79 Å². The molecule has 0 aliphatic carbocycles. The molecule has 0 spiro atoms. The molecule has 0 atom stereocenters. The van der Waals surface area contributed by atoms with Gasteiger partial charge in [0.25, 0.3) is 5.91 Å². The number of aromatic nitrogens is 3. The molecule has 0 aliphatic heterocycles. The molecule has 0 saturated heterocycles. The number of halogens is 1. The van der Waals surface area contributed by atoms with Gasteiger partial charge in [0.15, 0.2) is 11.0 Å². The van der Waals surface area contributed by atoms with Gasteiger partial charge in [-0.15, -0.1) is 10.2 Å². The maximum Gasteiger partial charge on any atom is 0.250 e. The van der Waals surface area contributed by atoms with Crippen molar-refractivity contribution in [2.75, 3.05) is 5.75 Å². The fraction of sp³-hybridized carbons (Fsp3) is 0.250. The predicted octanol–water partition coefficient (Wildman–Crippen LogP) is 5.65. The Bertz CT molecular complexity index is 1100. The second-order valence-electron chi connectivity index (χ2n) is 7.76. The molecule has 1 amide bonds. The molecule has 3 rings (SSSR count). The van der Waals surface area contributed by atoms with Crippen molar-refractivity contribution in [1.82, 2.24) is 20.2 Å². The van der Waals surface area contributed by atoms with Gasteiger partial charge in [-0.3, -0.25) is 9.36 Å². The number of carbonyl (C=O) groups excluding carboxylic acids is 1. The average molecular weight is 512 g/mol. The number of rotatable bonds is 9. The highest BCUT2D eigenvalue weighted by Crippen LogP contribution is 2.26. The van der Waals surface area contributed by atoms with Gasteiger partial charge >= 0.3 is 0 Å². The first-order chi connectivity index (χ1) is 15.3. The summed E-state index contributed by atoms with van der Waals surface area (Å²) in [6, 6.07) is 16.0. The average Bonchev–Trinajstić information content (AvgIpc) is 3.15. The molecular formula is C24H26BrN5OS. The maximum atomic E-state index is 12.3. The van der Waals surface area contributed by atoms with Crippen LogP contribution < -0.4 is 5.43 Å². The van der Waals surface area contributed by atoms with Crippen molar-refractivity contribution in [2.24, 2.45) is 5.10 Å². The second kappa shape index (κ2) is 11.2. The van der Waals surface area contributed by atoms with E-state index in [0.717, 1.165) is 27.0 Å². The van der Waals surface area contributed by atoms with Crippen LogP contribution in [0.4, 0.5) is 0 Å². The molecule has 2 aromatic carbocycles. The van der Waals surface area contributed by atoms with E-state index < -0.39 is 0 Å². The van der Waals surface area contributed by atoms with Crippen LogP contribution in [0, 0.1) is 0 Å². The lowest BCUT2D eigenvalue weighted by molar-refractivity contribution is -0.118. The number of hydrazone groups is 1. The zero-order valence-corrected chi connectivity index (χ0v) is 20.8. The highest BCUT2D eigenvalue weighted by molar-refractivity contribution is 9.10. The molecule has 8 heteroatoms. The minimum absolute atomic E-state index is 0.179. The van der Waals surface area contributed by atoms with Gasteiger partial charge in [0.2, 0.25) is 0 Å². The Hall–Kier alpha value is -2.71. The second-order valence-corrected chi connectivity index (χ2v) is 9.62. The first kappa shape index (κ1) is 23.9. The summed E-state index contributed by atoms with van der Waals surface area (Å²) in [5.74, 6) is 1.19. The van der Waals surface area contributed by atoms with Gasteiger partial charge in [0.05, 0.1) is 12.0 Å². The van der Waals surface area contributed by atoms with Crippen molar-refractivity contribution >= 4 is 39.8 Å². The summed E-state index contributed by atoms with van der Waals surface area (Å²) in [5, 5.41) is 13.4. The van der Waals surface area contributed by atoms with E-state index in [4.69, 9.17) is 0 Å². The van der Waals surface area contributed by atoms with Crippen molar-refractivity contribution in [3.8, 4) is 11.4 Å². The molecule has 0 unspecified atom stereocenters. The zero-order valence-electron chi connectivity index (χ0n) is 18.4. The van der Waals surface area contributed by atoms with Gasteiger partial charge < -0.3 is 0 Å². The van der Waals surface area contributed by atoms with Crippen LogP contribution in [0.1, 0.15) is 37.8 Å². The van der Waals surface area contributed by atoms with Gasteiger partial charge in [-0.1, -0.05) is 90.1 Å². The summed E-state index contributed by atoms with van der Waals surface area (Å²) < 4.78 is 2.97. The molecule has 0 bridgehead atoms. The number of hydrogen-bond acceptors (Lipinski definition) is 5. The van der Waals surface area contributed by atoms with E-state index in [0.29, 0.717) is 17.6 Å².